The first-order chi connectivity index (χ1) is 12.5. The van der Waals surface area contributed by atoms with Crippen molar-refractivity contribution in [1.82, 2.24) is 10.6 Å². The third-order valence-corrected chi connectivity index (χ3v) is 9.49. The first kappa shape index (κ1) is 23.2. The molecule has 7 heteroatoms. The van der Waals surface area contributed by atoms with Crippen molar-refractivity contribution in [3.05, 3.63) is 35.9 Å². The summed E-state index contributed by atoms with van der Waals surface area (Å²) in [7, 11) is -0.345. The predicted octanol–water partition coefficient (Wildman–Crippen LogP) is 3.83. The largest absolute Gasteiger partial charge is 0.445 e. The molecule has 0 aliphatic carbocycles. The monoisotopic (exact) mass is 394 g/mol. The molecule has 1 aromatic carbocycles. The minimum absolute atomic E-state index is 0.0632. The highest BCUT2D eigenvalue weighted by molar-refractivity contribution is 6.74. The van der Waals surface area contributed by atoms with Crippen molar-refractivity contribution < 1.29 is 18.8 Å². The second-order valence-corrected chi connectivity index (χ2v) is 13.0. The van der Waals surface area contributed by atoms with Crippen LogP contribution in [-0.4, -0.2) is 40.0 Å². The summed E-state index contributed by atoms with van der Waals surface area (Å²) in [6.07, 6.45) is 0.315. The number of carbonyl (C=O) groups excluding carboxylic acids is 2. The lowest BCUT2D eigenvalue weighted by molar-refractivity contribution is -0.120. The van der Waals surface area contributed by atoms with Crippen molar-refractivity contribution in [3.8, 4) is 0 Å². The summed E-state index contributed by atoms with van der Waals surface area (Å²) >= 11 is 0. The third kappa shape index (κ3) is 8.58. The van der Waals surface area contributed by atoms with Crippen molar-refractivity contribution in [3.63, 3.8) is 0 Å². The summed E-state index contributed by atoms with van der Waals surface area (Å²) in [6, 6.07) is 9.23. The molecule has 2 amide bonds. The van der Waals surface area contributed by atoms with Crippen molar-refractivity contribution in [2.75, 3.05) is 13.7 Å². The average molecular weight is 395 g/mol. The zero-order valence-corrected chi connectivity index (χ0v) is 18.4. The lowest BCUT2D eigenvalue weighted by Crippen LogP contribution is -2.46. The van der Waals surface area contributed by atoms with Gasteiger partial charge < -0.3 is 19.8 Å². The Bertz CT molecular complexity index is 600. The average Bonchev–Trinajstić information content (AvgIpc) is 2.61. The number of hydrogen-bond donors (Lipinski definition) is 2. The molecule has 0 aliphatic heterocycles. The molecule has 0 unspecified atom stereocenters. The second kappa shape index (κ2) is 10.5. The van der Waals surface area contributed by atoms with E-state index < -0.39 is 14.4 Å². The van der Waals surface area contributed by atoms with Gasteiger partial charge in [0, 0.05) is 13.5 Å². The number of rotatable bonds is 9. The minimum atomic E-state index is -1.95. The van der Waals surface area contributed by atoms with Crippen LogP contribution in [0.5, 0.6) is 0 Å². The highest BCUT2D eigenvalue weighted by atomic mass is 28.4. The van der Waals surface area contributed by atoms with E-state index in [-0.39, 0.29) is 23.6 Å². The van der Waals surface area contributed by atoms with Gasteiger partial charge in [-0.2, -0.15) is 0 Å². The number of benzene rings is 1. The number of ether oxygens (including phenoxy) is 1. The Morgan fingerprint density at radius 3 is 2.33 bits per heavy atom. The van der Waals surface area contributed by atoms with Gasteiger partial charge >= 0.3 is 6.09 Å². The lowest BCUT2D eigenvalue weighted by atomic mass is 10.1. The molecular formula is C20H34N2O4Si. The van der Waals surface area contributed by atoms with Crippen molar-refractivity contribution >= 4 is 20.3 Å². The van der Waals surface area contributed by atoms with Gasteiger partial charge in [-0.05, 0) is 30.1 Å². The molecule has 0 saturated heterocycles. The standard InChI is InChI=1S/C20H34N2O4Si/c1-20(2,3)27(5,6)26-15-17(12-13-18(23)21-4)22-19(24)25-14-16-10-8-7-9-11-16/h7-11,17H,12-15H2,1-6H3,(H,21,23)(H,22,24)/t17-/m0/s1. The molecule has 0 bridgehead atoms. The molecule has 0 aliphatic rings. The van der Waals surface area contributed by atoms with Crippen LogP contribution < -0.4 is 10.6 Å². The van der Waals surface area contributed by atoms with Gasteiger partial charge in [0.05, 0.1) is 12.6 Å². The van der Waals surface area contributed by atoms with Crippen LogP contribution in [0.3, 0.4) is 0 Å². The molecule has 1 rings (SSSR count). The second-order valence-electron chi connectivity index (χ2n) is 8.19. The highest BCUT2D eigenvalue weighted by Crippen LogP contribution is 2.36. The smallest absolute Gasteiger partial charge is 0.407 e. The van der Waals surface area contributed by atoms with Gasteiger partial charge in [-0.1, -0.05) is 51.1 Å². The number of hydrogen-bond acceptors (Lipinski definition) is 4. The van der Waals surface area contributed by atoms with E-state index >= 15 is 0 Å². The lowest BCUT2D eigenvalue weighted by Gasteiger charge is -2.37. The highest BCUT2D eigenvalue weighted by Gasteiger charge is 2.37. The molecule has 0 heterocycles. The normalized spacial score (nSPS) is 13.0. The molecule has 2 N–H and O–H groups in total. The Balaban J connectivity index is 2.61. The van der Waals surface area contributed by atoms with E-state index in [9.17, 15) is 9.59 Å². The van der Waals surface area contributed by atoms with Crippen molar-refractivity contribution in [2.24, 2.45) is 0 Å². The Morgan fingerprint density at radius 1 is 1.15 bits per heavy atom. The molecule has 1 atom stereocenters. The van der Waals surface area contributed by atoms with Crippen LogP contribution in [0.2, 0.25) is 18.1 Å². The van der Waals surface area contributed by atoms with Crippen LogP contribution in [0.4, 0.5) is 4.79 Å². The minimum Gasteiger partial charge on any atom is -0.445 e. The zero-order chi connectivity index (χ0) is 20.5. The molecule has 6 nitrogen and oxygen atoms in total. The molecule has 0 radical (unpaired) electrons. The van der Waals surface area contributed by atoms with Crippen molar-refractivity contribution in [1.29, 1.82) is 0 Å². The van der Waals surface area contributed by atoms with Gasteiger partial charge in [-0.25, -0.2) is 4.79 Å². The Hall–Kier alpha value is -1.86. The van der Waals surface area contributed by atoms with E-state index in [1.54, 1.807) is 7.05 Å². The summed E-state index contributed by atoms with van der Waals surface area (Å²) in [4.78, 5) is 23.8. The van der Waals surface area contributed by atoms with E-state index in [0.29, 0.717) is 19.4 Å². The van der Waals surface area contributed by atoms with Crippen LogP contribution in [-0.2, 0) is 20.6 Å². The fraction of sp³-hybridized carbons (Fsp3) is 0.600. The Kier molecular flexibility index (Phi) is 8.98. The van der Waals surface area contributed by atoms with E-state index in [1.165, 1.54) is 0 Å². The number of alkyl carbamates (subject to hydrolysis) is 1. The topological polar surface area (TPSA) is 76.7 Å². The number of amides is 2. The maximum absolute atomic E-state index is 12.2. The van der Waals surface area contributed by atoms with E-state index in [2.05, 4.69) is 44.5 Å². The van der Waals surface area contributed by atoms with Crippen LogP contribution in [0.1, 0.15) is 39.2 Å². The fourth-order valence-electron chi connectivity index (χ4n) is 2.08. The van der Waals surface area contributed by atoms with Gasteiger partial charge in [0.25, 0.3) is 0 Å². The van der Waals surface area contributed by atoms with E-state index in [0.717, 1.165) is 5.56 Å². The zero-order valence-electron chi connectivity index (χ0n) is 17.4. The van der Waals surface area contributed by atoms with Gasteiger partial charge in [-0.15, -0.1) is 0 Å². The van der Waals surface area contributed by atoms with Gasteiger partial charge in [0.2, 0.25) is 5.91 Å². The molecule has 0 aromatic heterocycles. The molecular weight excluding hydrogens is 360 g/mol. The van der Waals surface area contributed by atoms with E-state index in [1.807, 2.05) is 30.3 Å². The quantitative estimate of drug-likeness (QED) is 0.624. The molecule has 0 fully saturated rings. The number of carbonyl (C=O) groups is 2. The van der Waals surface area contributed by atoms with E-state index in [4.69, 9.17) is 9.16 Å². The van der Waals surface area contributed by atoms with Crippen LogP contribution in [0, 0.1) is 0 Å². The maximum Gasteiger partial charge on any atom is 0.407 e. The third-order valence-electron chi connectivity index (χ3n) is 4.98. The molecule has 152 valence electrons. The summed E-state index contributed by atoms with van der Waals surface area (Å²) in [5.74, 6) is -0.0632. The van der Waals surface area contributed by atoms with Crippen LogP contribution in [0.15, 0.2) is 30.3 Å². The SMILES string of the molecule is CNC(=O)CC[C@@H](CO[Si](C)(C)C(C)(C)C)NC(=O)OCc1ccccc1. The maximum atomic E-state index is 12.2. The molecule has 0 spiro atoms. The van der Waals surface area contributed by atoms with Gasteiger partial charge in [0.15, 0.2) is 8.32 Å². The Labute approximate surface area is 164 Å². The summed E-state index contributed by atoms with van der Waals surface area (Å²) in [6.45, 7) is 11.4. The summed E-state index contributed by atoms with van der Waals surface area (Å²) in [5.41, 5.74) is 0.923. The number of nitrogens with one attached hydrogen (secondary N) is 2. The summed E-state index contributed by atoms with van der Waals surface area (Å²) in [5, 5.41) is 5.52. The molecule has 1 aromatic rings. The van der Waals surface area contributed by atoms with Crippen LogP contribution in [0.25, 0.3) is 0 Å². The van der Waals surface area contributed by atoms with Crippen LogP contribution >= 0.6 is 0 Å². The fourth-order valence-corrected chi connectivity index (χ4v) is 3.14. The predicted molar refractivity (Wildman–Crippen MR) is 110 cm³/mol. The van der Waals surface area contributed by atoms with Crippen molar-refractivity contribution in [2.45, 2.75) is 64.4 Å². The molecule has 27 heavy (non-hydrogen) atoms. The molecule has 0 saturated carbocycles. The first-order valence-corrected chi connectivity index (χ1v) is 12.3. The Morgan fingerprint density at radius 2 is 1.78 bits per heavy atom. The summed E-state index contributed by atoms with van der Waals surface area (Å²) < 4.78 is 11.5. The first-order valence-electron chi connectivity index (χ1n) is 9.37. The van der Waals surface area contributed by atoms with Gasteiger partial charge in [0.1, 0.15) is 6.61 Å². The van der Waals surface area contributed by atoms with Gasteiger partial charge in [-0.3, -0.25) is 4.79 Å².